The smallest absolute Gasteiger partial charge is 0.119 e. The van der Waals surface area contributed by atoms with Crippen LogP contribution in [0.4, 0.5) is 0 Å². The molecule has 1 aliphatic heterocycles. The van der Waals surface area contributed by atoms with E-state index in [2.05, 4.69) is 11.9 Å². The molecule has 0 aromatic heterocycles. The molecule has 0 aliphatic carbocycles. The summed E-state index contributed by atoms with van der Waals surface area (Å²) in [7, 11) is 0. The van der Waals surface area contributed by atoms with Crippen LogP contribution < -0.4 is 5.32 Å². The molecule has 1 heterocycles. The van der Waals surface area contributed by atoms with E-state index in [1.807, 2.05) is 25.2 Å². The SMILES string of the molecule is C=CC(=CC=CC)OC1CCNCC1. The van der Waals surface area contributed by atoms with Gasteiger partial charge in [0.15, 0.2) is 0 Å². The van der Waals surface area contributed by atoms with E-state index in [-0.39, 0.29) is 0 Å². The van der Waals surface area contributed by atoms with Gasteiger partial charge in [0.25, 0.3) is 0 Å². The zero-order valence-corrected chi connectivity index (χ0v) is 8.83. The summed E-state index contributed by atoms with van der Waals surface area (Å²) >= 11 is 0. The maximum Gasteiger partial charge on any atom is 0.119 e. The van der Waals surface area contributed by atoms with Crippen LogP contribution in [0.2, 0.25) is 0 Å². The van der Waals surface area contributed by atoms with E-state index in [1.54, 1.807) is 6.08 Å². The molecule has 0 unspecified atom stereocenters. The molecular weight excluding hydrogens is 174 g/mol. The maximum atomic E-state index is 5.79. The zero-order chi connectivity index (χ0) is 10.2. The van der Waals surface area contributed by atoms with Gasteiger partial charge in [0.2, 0.25) is 0 Å². The topological polar surface area (TPSA) is 21.3 Å². The first-order valence-corrected chi connectivity index (χ1v) is 5.19. The monoisotopic (exact) mass is 193 g/mol. The highest BCUT2D eigenvalue weighted by atomic mass is 16.5. The van der Waals surface area contributed by atoms with Crippen molar-refractivity contribution in [3.05, 3.63) is 36.6 Å². The molecule has 1 aliphatic rings. The number of allylic oxidation sites excluding steroid dienone is 4. The van der Waals surface area contributed by atoms with Crippen molar-refractivity contribution in [3.8, 4) is 0 Å². The summed E-state index contributed by atoms with van der Waals surface area (Å²) in [5, 5.41) is 3.31. The Balaban J connectivity index is 2.42. The Morgan fingerprint density at radius 3 is 2.71 bits per heavy atom. The fourth-order valence-corrected chi connectivity index (χ4v) is 1.45. The molecule has 0 radical (unpaired) electrons. The van der Waals surface area contributed by atoms with Gasteiger partial charge in [-0.25, -0.2) is 0 Å². The van der Waals surface area contributed by atoms with Gasteiger partial charge in [0.1, 0.15) is 11.9 Å². The lowest BCUT2D eigenvalue weighted by molar-refractivity contribution is 0.0961. The fraction of sp³-hybridized carbons (Fsp3) is 0.500. The molecule has 0 aromatic carbocycles. The average molecular weight is 193 g/mol. The second-order valence-electron chi connectivity index (χ2n) is 3.37. The molecule has 0 bridgehead atoms. The van der Waals surface area contributed by atoms with Crippen molar-refractivity contribution in [1.29, 1.82) is 0 Å². The van der Waals surface area contributed by atoms with Gasteiger partial charge in [-0.2, -0.15) is 0 Å². The molecule has 1 N–H and O–H groups in total. The van der Waals surface area contributed by atoms with Gasteiger partial charge in [-0.1, -0.05) is 18.7 Å². The van der Waals surface area contributed by atoms with Gasteiger partial charge >= 0.3 is 0 Å². The summed E-state index contributed by atoms with van der Waals surface area (Å²) in [6, 6.07) is 0. The van der Waals surface area contributed by atoms with Crippen LogP contribution in [0.25, 0.3) is 0 Å². The molecule has 2 nitrogen and oxygen atoms in total. The van der Waals surface area contributed by atoms with E-state index >= 15 is 0 Å². The maximum absolute atomic E-state index is 5.79. The third kappa shape index (κ3) is 3.79. The van der Waals surface area contributed by atoms with Crippen molar-refractivity contribution in [2.75, 3.05) is 13.1 Å². The number of nitrogens with one attached hydrogen (secondary N) is 1. The molecule has 1 rings (SSSR count). The van der Waals surface area contributed by atoms with E-state index in [0.29, 0.717) is 6.10 Å². The molecule has 0 amide bonds. The normalized spacial score (nSPS) is 19.9. The van der Waals surface area contributed by atoms with E-state index in [0.717, 1.165) is 31.7 Å². The van der Waals surface area contributed by atoms with Crippen molar-refractivity contribution in [2.24, 2.45) is 0 Å². The molecule has 1 fully saturated rings. The standard InChI is InChI=1S/C12H19NO/c1-3-5-6-11(4-2)14-12-7-9-13-10-8-12/h3-6,12-13H,2,7-10H2,1H3. The summed E-state index contributed by atoms with van der Waals surface area (Å²) in [5.74, 6) is 0.870. The second kappa shape index (κ2) is 6.44. The molecular formula is C12H19NO. The van der Waals surface area contributed by atoms with Gasteiger partial charge in [-0.15, -0.1) is 0 Å². The van der Waals surface area contributed by atoms with Gasteiger partial charge in [0.05, 0.1) is 0 Å². The fourth-order valence-electron chi connectivity index (χ4n) is 1.45. The lowest BCUT2D eigenvalue weighted by Crippen LogP contribution is -2.32. The molecule has 2 heteroatoms. The van der Waals surface area contributed by atoms with Crippen LogP contribution in [-0.2, 0) is 4.74 Å². The molecule has 78 valence electrons. The van der Waals surface area contributed by atoms with Crippen molar-refractivity contribution in [2.45, 2.75) is 25.9 Å². The first-order chi connectivity index (χ1) is 6.86. The predicted octanol–water partition coefficient (Wildman–Crippen LogP) is 2.40. The van der Waals surface area contributed by atoms with Crippen LogP contribution in [0.15, 0.2) is 36.6 Å². The van der Waals surface area contributed by atoms with E-state index in [4.69, 9.17) is 4.74 Å². The van der Waals surface area contributed by atoms with Crippen molar-refractivity contribution in [1.82, 2.24) is 5.32 Å². The Bertz CT molecular complexity index is 224. The van der Waals surface area contributed by atoms with E-state index in [9.17, 15) is 0 Å². The molecule has 0 atom stereocenters. The van der Waals surface area contributed by atoms with Crippen LogP contribution in [0, 0.1) is 0 Å². The van der Waals surface area contributed by atoms with Crippen molar-refractivity contribution < 1.29 is 4.74 Å². The predicted molar refractivity (Wildman–Crippen MR) is 60.1 cm³/mol. The molecule has 0 saturated carbocycles. The third-order valence-corrected chi connectivity index (χ3v) is 2.24. The lowest BCUT2D eigenvalue weighted by atomic mass is 10.1. The minimum atomic E-state index is 0.353. The van der Waals surface area contributed by atoms with E-state index < -0.39 is 0 Å². The van der Waals surface area contributed by atoms with Crippen LogP contribution in [0.3, 0.4) is 0 Å². The van der Waals surface area contributed by atoms with Gasteiger partial charge in [0, 0.05) is 0 Å². The molecule has 0 spiro atoms. The first-order valence-electron chi connectivity index (χ1n) is 5.19. The first kappa shape index (κ1) is 11.1. The molecule has 0 aromatic rings. The lowest BCUT2D eigenvalue weighted by Gasteiger charge is -2.24. The summed E-state index contributed by atoms with van der Waals surface area (Å²) in [4.78, 5) is 0. The Hall–Kier alpha value is -1.02. The third-order valence-electron chi connectivity index (χ3n) is 2.24. The zero-order valence-electron chi connectivity index (χ0n) is 8.83. The quantitative estimate of drug-likeness (QED) is 0.547. The number of hydrogen-bond acceptors (Lipinski definition) is 2. The number of piperidine rings is 1. The van der Waals surface area contributed by atoms with Crippen LogP contribution in [-0.4, -0.2) is 19.2 Å². The van der Waals surface area contributed by atoms with E-state index in [1.165, 1.54) is 0 Å². The Kier molecular flexibility index (Phi) is 5.08. The highest BCUT2D eigenvalue weighted by Gasteiger charge is 2.13. The highest BCUT2D eigenvalue weighted by Crippen LogP contribution is 2.12. The number of rotatable bonds is 4. The van der Waals surface area contributed by atoms with Gasteiger partial charge < -0.3 is 10.1 Å². The number of hydrogen-bond donors (Lipinski definition) is 1. The summed E-state index contributed by atoms with van der Waals surface area (Å²) in [5.41, 5.74) is 0. The van der Waals surface area contributed by atoms with Crippen LogP contribution in [0.5, 0.6) is 0 Å². The summed E-state index contributed by atoms with van der Waals surface area (Å²) < 4.78 is 5.79. The largest absolute Gasteiger partial charge is 0.490 e. The minimum absolute atomic E-state index is 0.353. The van der Waals surface area contributed by atoms with Crippen LogP contribution in [0.1, 0.15) is 19.8 Å². The highest BCUT2D eigenvalue weighted by molar-refractivity contribution is 5.16. The average Bonchev–Trinajstić information content (AvgIpc) is 2.25. The van der Waals surface area contributed by atoms with Crippen LogP contribution >= 0.6 is 0 Å². The molecule has 1 saturated heterocycles. The summed E-state index contributed by atoms with van der Waals surface area (Å²) in [6.07, 6.45) is 10.2. The van der Waals surface area contributed by atoms with Gasteiger partial charge in [-0.3, -0.25) is 0 Å². The molecule has 14 heavy (non-hydrogen) atoms. The van der Waals surface area contributed by atoms with Gasteiger partial charge in [-0.05, 0) is 45.0 Å². The Morgan fingerprint density at radius 1 is 1.43 bits per heavy atom. The van der Waals surface area contributed by atoms with Crippen molar-refractivity contribution >= 4 is 0 Å². The second-order valence-corrected chi connectivity index (χ2v) is 3.37. The Morgan fingerprint density at radius 2 is 2.14 bits per heavy atom. The Labute approximate surface area is 86.3 Å². The minimum Gasteiger partial charge on any atom is -0.490 e. The van der Waals surface area contributed by atoms with Crippen molar-refractivity contribution in [3.63, 3.8) is 0 Å². The summed E-state index contributed by atoms with van der Waals surface area (Å²) in [6.45, 7) is 7.83. The number of ether oxygens (including phenoxy) is 1.